The molecule has 0 bridgehead atoms. The summed E-state index contributed by atoms with van der Waals surface area (Å²) in [4.78, 5) is 0. The van der Waals surface area contributed by atoms with Crippen molar-refractivity contribution in [1.29, 1.82) is 0 Å². The molecule has 122 valence electrons. The van der Waals surface area contributed by atoms with Crippen molar-refractivity contribution in [3.05, 3.63) is 70.9 Å². The summed E-state index contributed by atoms with van der Waals surface area (Å²) in [5.74, 6) is 0.441. The number of dihydropyridines is 1. The van der Waals surface area contributed by atoms with Gasteiger partial charge in [-0.1, -0.05) is 55.8 Å². The second kappa shape index (κ2) is 5.55. The Labute approximate surface area is 142 Å². The Morgan fingerprint density at radius 1 is 1.00 bits per heavy atom. The van der Waals surface area contributed by atoms with Crippen LogP contribution in [-0.2, 0) is 0 Å². The average Bonchev–Trinajstić information content (AvgIpc) is 2.92. The molecule has 2 nitrogen and oxygen atoms in total. The van der Waals surface area contributed by atoms with E-state index in [9.17, 15) is 0 Å². The third-order valence-corrected chi connectivity index (χ3v) is 4.94. The number of rotatable bonds is 2. The number of allylic oxidation sites excluding steroid dienone is 2. The number of nitrogens with one attached hydrogen (secondary N) is 1. The third-order valence-electron chi connectivity index (χ3n) is 4.94. The van der Waals surface area contributed by atoms with Crippen molar-refractivity contribution < 1.29 is 4.42 Å². The van der Waals surface area contributed by atoms with E-state index in [1.807, 2.05) is 6.20 Å². The van der Waals surface area contributed by atoms with Crippen LogP contribution in [0.5, 0.6) is 0 Å². The minimum absolute atomic E-state index is 0.154. The summed E-state index contributed by atoms with van der Waals surface area (Å²) in [6.45, 7) is 8.73. The fourth-order valence-electron chi connectivity index (χ4n) is 3.66. The van der Waals surface area contributed by atoms with Crippen LogP contribution >= 0.6 is 0 Å². The summed E-state index contributed by atoms with van der Waals surface area (Å²) < 4.78 is 6.45. The lowest BCUT2D eigenvalue weighted by atomic mass is 9.95. The summed E-state index contributed by atoms with van der Waals surface area (Å²) in [6.07, 6.45) is 6.39. The van der Waals surface area contributed by atoms with Crippen LogP contribution in [0.25, 0.3) is 21.9 Å². The molecule has 2 heteroatoms. The van der Waals surface area contributed by atoms with Crippen molar-refractivity contribution in [2.45, 2.75) is 39.7 Å². The number of aryl methyl sites for hydroxylation is 1. The number of hydrogen-bond donors (Lipinski definition) is 1. The molecule has 24 heavy (non-hydrogen) atoms. The highest BCUT2D eigenvalue weighted by atomic mass is 16.3. The molecule has 0 aliphatic carbocycles. The zero-order valence-electron chi connectivity index (χ0n) is 14.7. The number of fused-ring (bicyclic) bond motifs is 3. The molecule has 1 aliphatic rings. The van der Waals surface area contributed by atoms with Crippen LogP contribution in [0.15, 0.2) is 58.7 Å². The van der Waals surface area contributed by atoms with E-state index in [2.05, 4.69) is 75.5 Å². The van der Waals surface area contributed by atoms with E-state index in [1.54, 1.807) is 0 Å². The highest BCUT2D eigenvalue weighted by Gasteiger charge is 2.21. The van der Waals surface area contributed by atoms with Crippen LogP contribution in [-0.4, -0.2) is 0 Å². The largest absolute Gasteiger partial charge is 0.455 e. The molecule has 0 spiro atoms. The summed E-state index contributed by atoms with van der Waals surface area (Å²) in [7, 11) is 0. The molecule has 0 amide bonds. The first kappa shape index (κ1) is 15.1. The van der Waals surface area contributed by atoms with Crippen molar-refractivity contribution in [1.82, 2.24) is 5.32 Å². The molecule has 1 atom stereocenters. The fourth-order valence-corrected chi connectivity index (χ4v) is 3.66. The van der Waals surface area contributed by atoms with Crippen molar-refractivity contribution in [2.24, 2.45) is 0 Å². The fraction of sp³-hybridized carbons (Fsp3) is 0.273. The SMILES string of the molecule is CC1=CC(c2c(C)ccc3c2oc2c(C(C)C)cccc23)NC=C1. The van der Waals surface area contributed by atoms with Gasteiger partial charge in [-0.2, -0.15) is 0 Å². The van der Waals surface area contributed by atoms with Crippen LogP contribution < -0.4 is 5.32 Å². The minimum Gasteiger partial charge on any atom is -0.455 e. The van der Waals surface area contributed by atoms with Crippen LogP contribution in [0.4, 0.5) is 0 Å². The van der Waals surface area contributed by atoms with Crippen LogP contribution in [0, 0.1) is 6.92 Å². The van der Waals surface area contributed by atoms with Gasteiger partial charge in [0.2, 0.25) is 0 Å². The first-order valence-corrected chi connectivity index (χ1v) is 8.62. The Balaban J connectivity index is 2.04. The van der Waals surface area contributed by atoms with Gasteiger partial charge in [-0.25, -0.2) is 0 Å². The monoisotopic (exact) mass is 317 g/mol. The molecule has 1 N–H and O–H groups in total. The van der Waals surface area contributed by atoms with Crippen molar-refractivity contribution in [3.8, 4) is 0 Å². The van der Waals surface area contributed by atoms with Gasteiger partial charge in [0.25, 0.3) is 0 Å². The highest BCUT2D eigenvalue weighted by Crippen LogP contribution is 2.39. The van der Waals surface area contributed by atoms with Crippen LogP contribution in [0.2, 0.25) is 0 Å². The van der Waals surface area contributed by atoms with Gasteiger partial charge in [0.05, 0.1) is 6.04 Å². The number of para-hydroxylation sites is 1. The van der Waals surface area contributed by atoms with Crippen molar-refractivity contribution in [2.75, 3.05) is 0 Å². The molecule has 0 fully saturated rings. The standard InChI is InChI=1S/C22H23NO/c1-13(2)16-6-5-7-17-18-9-8-15(4)20(22(18)24-21(16)17)19-12-14(3)10-11-23-19/h5-13,19,23H,1-4H3. The van der Waals surface area contributed by atoms with Crippen LogP contribution in [0.3, 0.4) is 0 Å². The van der Waals surface area contributed by atoms with Crippen LogP contribution in [0.1, 0.15) is 49.4 Å². The Kier molecular flexibility index (Phi) is 3.49. The molecule has 0 radical (unpaired) electrons. The maximum absolute atomic E-state index is 6.45. The topological polar surface area (TPSA) is 25.2 Å². The third kappa shape index (κ3) is 2.25. The van der Waals surface area contributed by atoms with Gasteiger partial charge in [0.1, 0.15) is 11.2 Å². The highest BCUT2D eigenvalue weighted by molar-refractivity contribution is 6.07. The first-order chi connectivity index (χ1) is 11.6. The van der Waals surface area contributed by atoms with E-state index in [4.69, 9.17) is 4.42 Å². The number of benzene rings is 2. The Hall–Kier alpha value is -2.48. The van der Waals surface area contributed by atoms with E-state index < -0.39 is 0 Å². The Morgan fingerprint density at radius 2 is 1.79 bits per heavy atom. The van der Waals surface area contributed by atoms with Gasteiger partial charge in [0.15, 0.2) is 0 Å². The predicted molar refractivity (Wildman–Crippen MR) is 101 cm³/mol. The second-order valence-electron chi connectivity index (χ2n) is 7.04. The molecule has 2 heterocycles. The van der Waals surface area contributed by atoms with Gasteiger partial charge in [0, 0.05) is 16.3 Å². The van der Waals surface area contributed by atoms with Gasteiger partial charge in [-0.05, 0) is 43.2 Å². The normalized spacial score (nSPS) is 17.5. The summed E-state index contributed by atoms with van der Waals surface area (Å²) in [5, 5.41) is 5.88. The average molecular weight is 317 g/mol. The van der Waals surface area contributed by atoms with Crippen molar-refractivity contribution >= 4 is 21.9 Å². The lowest BCUT2D eigenvalue weighted by molar-refractivity contribution is 0.637. The molecular formula is C22H23NO. The van der Waals surface area contributed by atoms with Gasteiger partial charge in [-0.3, -0.25) is 0 Å². The van der Waals surface area contributed by atoms with E-state index in [-0.39, 0.29) is 6.04 Å². The second-order valence-corrected chi connectivity index (χ2v) is 7.04. The zero-order chi connectivity index (χ0) is 16.8. The molecule has 1 aromatic heterocycles. The summed E-state index contributed by atoms with van der Waals surface area (Å²) >= 11 is 0. The van der Waals surface area contributed by atoms with E-state index >= 15 is 0 Å². The molecule has 1 unspecified atom stereocenters. The summed E-state index contributed by atoms with van der Waals surface area (Å²) in [5.41, 5.74) is 7.08. The lowest BCUT2D eigenvalue weighted by Crippen LogP contribution is -2.17. The molecule has 2 aromatic carbocycles. The minimum atomic E-state index is 0.154. The van der Waals surface area contributed by atoms with E-state index in [0.717, 1.165) is 11.2 Å². The Morgan fingerprint density at radius 3 is 2.54 bits per heavy atom. The Bertz CT molecular complexity index is 988. The quantitative estimate of drug-likeness (QED) is 0.615. The van der Waals surface area contributed by atoms with Gasteiger partial charge >= 0.3 is 0 Å². The number of furan rings is 1. The molecular weight excluding hydrogens is 294 g/mol. The lowest BCUT2D eigenvalue weighted by Gasteiger charge is -2.20. The maximum atomic E-state index is 6.45. The molecule has 1 aliphatic heterocycles. The van der Waals surface area contributed by atoms with E-state index in [0.29, 0.717) is 5.92 Å². The number of hydrogen-bond acceptors (Lipinski definition) is 2. The summed E-state index contributed by atoms with van der Waals surface area (Å²) in [6, 6.07) is 11.0. The zero-order valence-corrected chi connectivity index (χ0v) is 14.7. The van der Waals surface area contributed by atoms with Gasteiger partial charge < -0.3 is 9.73 Å². The molecule has 0 saturated carbocycles. The van der Waals surface area contributed by atoms with E-state index in [1.165, 1.54) is 33.0 Å². The van der Waals surface area contributed by atoms with Gasteiger partial charge in [-0.15, -0.1) is 0 Å². The predicted octanol–water partition coefficient (Wildman–Crippen LogP) is 6.12. The smallest absolute Gasteiger partial charge is 0.141 e. The molecule has 4 rings (SSSR count). The molecule has 0 saturated heterocycles. The first-order valence-electron chi connectivity index (χ1n) is 8.62. The van der Waals surface area contributed by atoms with Crippen molar-refractivity contribution in [3.63, 3.8) is 0 Å². The molecule has 3 aromatic rings. The maximum Gasteiger partial charge on any atom is 0.141 e.